The summed E-state index contributed by atoms with van der Waals surface area (Å²) in [5.41, 5.74) is 1.12. The molecular formula is C16H16O2. The lowest BCUT2D eigenvalue weighted by Crippen LogP contribution is -1.96. The lowest BCUT2D eigenvalue weighted by Gasteiger charge is -2.07. The second-order valence-electron chi connectivity index (χ2n) is 3.85. The predicted octanol–water partition coefficient (Wildman–Crippen LogP) is 3.83. The second-order valence-corrected chi connectivity index (χ2v) is 3.85. The van der Waals surface area contributed by atoms with E-state index < -0.39 is 0 Å². The van der Waals surface area contributed by atoms with Gasteiger partial charge in [-0.15, -0.1) is 0 Å². The largest absolute Gasteiger partial charge is 0.490 e. The quantitative estimate of drug-likeness (QED) is 0.714. The van der Waals surface area contributed by atoms with Crippen LogP contribution >= 0.6 is 0 Å². The zero-order valence-corrected chi connectivity index (χ0v) is 10.2. The molecule has 2 aromatic rings. The van der Waals surface area contributed by atoms with E-state index in [2.05, 4.69) is 6.58 Å². The number of benzene rings is 2. The summed E-state index contributed by atoms with van der Waals surface area (Å²) in [6.07, 6.45) is 1.73. The minimum absolute atomic E-state index is 0.528. The fourth-order valence-electron chi connectivity index (χ4n) is 1.52. The summed E-state index contributed by atoms with van der Waals surface area (Å²) in [5, 5.41) is 0. The van der Waals surface area contributed by atoms with E-state index in [1.807, 2.05) is 54.6 Å². The number of para-hydroxylation sites is 1. The molecule has 0 aliphatic carbocycles. The Hall–Kier alpha value is -2.22. The molecule has 2 heteroatoms. The SMILES string of the molecule is C=CCOc1ccc(COc2ccccc2)cc1. The number of rotatable bonds is 6. The van der Waals surface area contributed by atoms with Gasteiger partial charge in [0.1, 0.15) is 24.7 Å². The molecule has 0 radical (unpaired) electrons. The fraction of sp³-hybridized carbons (Fsp3) is 0.125. The zero-order chi connectivity index (χ0) is 12.6. The van der Waals surface area contributed by atoms with Gasteiger partial charge in [-0.2, -0.15) is 0 Å². The van der Waals surface area contributed by atoms with Gasteiger partial charge in [0.2, 0.25) is 0 Å². The Morgan fingerprint density at radius 1 is 0.833 bits per heavy atom. The van der Waals surface area contributed by atoms with Crippen molar-refractivity contribution in [1.82, 2.24) is 0 Å². The summed E-state index contributed by atoms with van der Waals surface area (Å²) in [7, 11) is 0. The fourth-order valence-corrected chi connectivity index (χ4v) is 1.52. The minimum atomic E-state index is 0.528. The maximum atomic E-state index is 5.66. The lowest BCUT2D eigenvalue weighted by atomic mass is 10.2. The summed E-state index contributed by atoms with van der Waals surface area (Å²) < 4.78 is 11.1. The van der Waals surface area contributed by atoms with Gasteiger partial charge in [0.25, 0.3) is 0 Å². The van der Waals surface area contributed by atoms with E-state index in [1.54, 1.807) is 6.08 Å². The molecule has 0 unspecified atom stereocenters. The van der Waals surface area contributed by atoms with Crippen LogP contribution in [0.15, 0.2) is 67.3 Å². The molecule has 0 heterocycles. The molecule has 2 nitrogen and oxygen atoms in total. The first-order valence-electron chi connectivity index (χ1n) is 5.89. The van der Waals surface area contributed by atoms with Gasteiger partial charge >= 0.3 is 0 Å². The smallest absolute Gasteiger partial charge is 0.119 e. The summed E-state index contributed by atoms with van der Waals surface area (Å²) in [5.74, 6) is 1.72. The van der Waals surface area contributed by atoms with Crippen molar-refractivity contribution in [2.24, 2.45) is 0 Å². The second kappa shape index (κ2) is 6.50. The molecule has 0 bridgehead atoms. The predicted molar refractivity (Wildman–Crippen MR) is 72.9 cm³/mol. The molecule has 2 rings (SSSR count). The number of hydrogen-bond donors (Lipinski definition) is 0. The van der Waals surface area contributed by atoms with Gasteiger partial charge in [0.05, 0.1) is 0 Å². The van der Waals surface area contributed by atoms with Crippen molar-refractivity contribution in [3.63, 3.8) is 0 Å². The van der Waals surface area contributed by atoms with E-state index in [-0.39, 0.29) is 0 Å². The van der Waals surface area contributed by atoms with Gasteiger partial charge in [0.15, 0.2) is 0 Å². The summed E-state index contributed by atoms with van der Waals surface area (Å²) in [6.45, 7) is 4.70. The molecule has 0 spiro atoms. The number of ether oxygens (including phenoxy) is 2. The molecule has 0 aromatic heterocycles. The standard InChI is InChI=1S/C16H16O2/c1-2-12-17-16-10-8-14(9-11-16)13-18-15-6-4-3-5-7-15/h2-11H,1,12-13H2. The average Bonchev–Trinajstić information content (AvgIpc) is 2.45. The van der Waals surface area contributed by atoms with E-state index in [0.29, 0.717) is 13.2 Å². The molecule has 0 aliphatic heterocycles. The van der Waals surface area contributed by atoms with Crippen LogP contribution in [0.25, 0.3) is 0 Å². The van der Waals surface area contributed by atoms with Crippen LogP contribution < -0.4 is 9.47 Å². The van der Waals surface area contributed by atoms with Crippen molar-refractivity contribution in [2.45, 2.75) is 6.61 Å². The highest BCUT2D eigenvalue weighted by Crippen LogP contribution is 2.15. The van der Waals surface area contributed by atoms with Gasteiger partial charge in [-0.25, -0.2) is 0 Å². The highest BCUT2D eigenvalue weighted by molar-refractivity contribution is 5.28. The molecule has 92 valence electrons. The molecule has 0 fully saturated rings. The molecule has 0 atom stereocenters. The molecule has 0 saturated carbocycles. The highest BCUT2D eigenvalue weighted by Gasteiger charge is 1.96. The zero-order valence-electron chi connectivity index (χ0n) is 10.2. The summed E-state index contributed by atoms with van der Waals surface area (Å²) >= 11 is 0. The topological polar surface area (TPSA) is 18.5 Å². The van der Waals surface area contributed by atoms with Crippen LogP contribution in [0.4, 0.5) is 0 Å². The first-order chi connectivity index (χ1) is 8.88. The normalized spacial score (nSPS) is 9.78. The van der Waals surface area contributed by atoms with Crippen molar-refractivity contribution in [2.75, 3.05) is 6.61 Å². The Kier molecular flexibility index (Phi) is 4.42. The summed E-state index contributed by atoms with van der Waals surface area (Å²) in [4.78, 5) is 0. The van der Waals surface area contributed by atoms with Crippen LogP contribution in [0.2, 0.25) is 0 Å². The van der Waals surface area contributed by atoms with E-state index in [9.17, 15) is 0 Å². The summed E-state index contributed by atoms with van der Waals surface area (Å²) in [6, 6.07) is 17.7. The van der Waals surface area contributed by atoms with Gasteiger partial charge in [-0.1, -0.05) is 43.0 Å². The molecule has 18 heavy (non-hydrogen) atoms. The van der Waals surface area contributed by atoms with Crippen LogP contribution in [-0.2, 0) is 6.61 Å². The van der Waals surface area contributed by atoms with E-state index in [1.165, 1.54) is 0 Å². The molecule has 0 N–H and O–H groups in total. The third-order valence-electron chi connectivity index (χ3n) is 2.44. The molecular weight excluding hydrogens is 224 g/mol. The van der Waals surface area contributed by atoms with Crippen molar-refractivity contribution in [3.05, 3.63) is 72.8 Å². The van der Waals surface area contributed by atoms with Crippen molar-refractivity contribution >= 4 is 0 Å². The Labute approximate surface area is 107 Å². The Morgan fingerprint density at radius 2 is 1.50 bits per heavy atom. The van der Waals surface area contributed by atoms with Gasteiger partial charge < -0.3 is 9.47 Å². The van der Waals surface area contributed by atoms with Crippen LogP contribution in [0.1, 0.15) is 5.56 Å². The van der Waals surface area contributed by atoms with Crippen molar-refractivity contribution < 1.29 is 9.47 Å². The van der Waals surface area contributed by atoms with Crippen LogP contribution in [0.5, 0.6) is 11.5 Å². The van der Waals surface area contributed by atoms with Gasteiger partial charge in [0, 0.05) is 0 Å². The first kappa shape index (κ1) is 12.2. The van der Waals surface area contributed by atoms with E-state index in [4.69, 9.17) is 9.47 Å². The first-order valence-corrected chi connectivity index (χ1v) is 5.89. The highest BCUT2D eigenvalue weighted by atomic mass is 16.5. The van der Waals surface area contributed by atoms with Crippen LogP contribution in [-0.4, -0.2) is 6.61 Å². The molecule has 0 saturated heterocycles. The maximum Gasteiger partial charge on any atom is 0.119 e. The Balaban J connectivity index is 1.88. The number of hydrogen-bond acceptors (Lipinski definition) is 2. The third kappa shape index (κ3) is 3.67. The van der Waals surface area contributed by atoms with Crippen molar-refractivity contribution in [3.8, 4) is 11.5 Å². The molecule has 0 aliphatic rings. The molecule has 0 amide bonds. The van der Waals surface area contributed by atoms with Crippen LogP contribution in [0.3, 0.4) is 0 Å². The minimum Gasteiger partial charge on any atom is -0.490 e. The van der Waals surface area contributed by atoms with Crippen LogP contribution in [0, 0.1) is 0 Å². The molecule has 2 aromatic carbocycles. The third-order valence-corrected chi connectivity index (χ3v) is 2.44. The maximum absolute atomic E-state index is 5.66. The lowest BCUT2D eigenvalue weighted by molar-refractivity contribution is 0.305. The van der Waals surface area contributed by atoms with Crippen molar-refractivity contribution in [1.29, 1.82) is 0 Å². The monoisotopic (exact) mass is 240 g/mol. The average molecular weight is 240 g/mol. The van der Waals surface area contributed by atoms with E-state index >= 15 is 0 Å². The Bertz CT molecular complexity index is 474. The van der Waals surface area contributed by atoms with Gasteiger partial charge in [-0.3, -0.25) is 0 Å². The Morgan fingerprint density at radius 3 is 2.17 bits per heavy atom. The van der Waals surface area contributed by atoms with Gasteiger partial charge in [-0.05, 0) is 29.8 Å². The van der Waals surface area contributed by atoms with E-state index in [0.717, 1.165) is 17.1 Å².